The fraction of sp³-hybridized carbons (Fsp3) is 0. The number of benzene rings is 1. The summed E-state index contributed by atoms with van der Waals surface area (Å²) in [6.45, 7) is 0. The number of anilines is 1. The van der Waals surface area contributed by atoms with E-state index in [2.05, 4.69) is 21.0 Å². The number of hydrogen-bond donors (Lipinski definition) is 1. The van der Waals surface area contributed by atoms with Crippen LogP contribution in [-0.2, 0) is 0 Å². The van der Waals surface area contributed by atoms with Gasteiger partial charge < -0.3 is 5.73 Å². The van der Waals surface area contributed by atoms with Crippen LogP contribution in [0.2, 0.25) is 0 Å². The Morgan fingerprint density at radius 3 is 2.95 bits per heavy atom. The van der Waals surface area contributed by atoms with Crippen molar-refractivity contribution in [1.29, 1.82) is 0 Å². The number of nitrogens with zero attached hydrogens (tertiary/aromatic N) is 4. The summed E-state index contributed by atoms with van der Waals surface area (Å²) in [6.07, 6.45) is 5.33. The molecule has 4 aromatic rings. The lowest BCUT2D eigenvalue weighted by molar-refractivity contribution is 1.07. The predicted octanol–water partition coefficient (Wildman–Crippen LogP) is 3.13. The second-order valence-corrected chi connectivity index (χ2v) is 5.51. The quantitative estimate of drug-likeness (QED) is 0.616. The summed E-state index contributed by atoms with van der Waals surface area (Å²) >= 11 is 1.63. The molecule has 3 heterocycles. The van der Waals surface area contributed by atoms with E-state index in [-0.39, 0.29) is 0 Å². The number of rotatable bonds is 2. The zero-order valence-corrected chi connectivity index (χ0v) is 11.8. The van der Waals surface area contributed by atoms with E-state index in [0.717, 1.165) is 27.2 Å². The van der Waals surface area contributed by atoms with Gasteiger partial charge in [-0.05, 0) is 30.3 Å². The molecule has 21 heavy (non-hydrogen) atoms. The van der Waals surface area contributed by atoms with Crippen LogP contribution in [0, 0.1) is 0 Å². The van der Waals surface area contributed by atoms with E-state index in [1.54, 1.807) is 23.9 Å². The van der Waals surface area contributed by atoms with E-state index in [4.69, 9.17) is 5.73 Å². The fourth-order valence-corrected chi connectivity index (χ4v) is 3.03. The molecule has 0 radical (unpaired) electrons. The highest BCUT2D eigenvalue weighted by atomic mass is 32.1. The lowest BCUT2D eigenvalue weighted by Crippen LogP contribution is -1.96. The Hall–Kier alpha value is -2.73. The van der Waals surface area contributed by atoms with Crippen LogP contribution in [0.15, 0.2) is 54.6 Å². The van der Waals surface area contributed by atoms with E-state index >= 15 is 0 Å². The van der Waals surface area contributed by atoms with Crippen molar-refractivity contribution >= 4 is 27.4 Å². The minimum Gasteiger partial charge on any atom is -0.384 e. The first kappa shape index (κ1) is 12.0. The van der Waals surface area contributed by atoms with E-state index in [1.807, 2.05) is 40.5 Å². The minimum absolute atomic E-state index is 0.498. The summed E-state index contributed by atoms with van der Waals surface area (Å²) in [5.74, 6) is 0.498. The number of hydrogen-bond acceptors (Lipinski definition) is 5. The molecular formula is C15H11N5S. The van der Waals surface area contributed by atoms with Crippen LogP contribution >= 0.6 is 11.3 Å². The van der Waals surface area contributed by atoms with Gasteiger partial charge in [0.05, 0.1) is 33.9 Å². The Labute approximate surface area is 124 Å². The summed E-state index contributed by atoms with van der Waals surface area (Å²) in [4.78, 5) is 12.6. The Kier molecular flexibility index (Phi) is 2.68. The van der Waals surface area contributed by atoms with Crippen molar-refractivity contribution in [3.05, 3.63) is 54.6 Å². The van der Waals surface area contributed by atoms with Crippen LogP contribution < -0.4 is 5.73 Å². The molecule has 0 aliphatic rings. The molecule has 0 aliphatic carbocycles. The molecular weight excluding hydrogens is 282 g/mol. The Bertz CT molecular complexity index is 924. The molecule has 0 spiro atoms. The zero-order valence-electron chi connectivity index (χ0n) is 11.0. The number of imidazole rings is 1. The number of nitrogen functional groups attached to an aromatic ring is 1. The molecule has 102 valence electrons. The van der Waals surface area contributed by atoms with E-state index in [1.165, 1.54) is 0 Å². The van der Waals surface area contributed by atoms with Crippen molar-refractivity contribution in [2.45, 2.75) is 0 Å². The zero-order chi connectivity index (χ0) is 14.2. The summed E-state index contributed by atoms with van der Waals surface area (Å²) in [6, 6.07) is 9.94. The van der Waals surface area contributed by atoms with E-state index in [9.17, 15) is 0 Å². The van der Waals surface area contributed by atoms with Gasteiger partial charge >= 0.3 is 0 Å². The lowest BCUT2D eigenvalue weighted by atomic mass is 10.2. The number of fused-ring (bicyclic) bond motifs is 1. The third-order valence-electron chi connectivity index (χ3n) is 3.31. The molecule has 2 N–H and O–H groups in total. The highest BCUT2D eigenvalue weighted by Gasteiger charge is 2.08. The third kappa shape index (κ3) is 2.05. The Balaban J connectivity index is 1.88. The molecule has 0 saturated carbocycles. The van der Waals surface area contributed by atoms with Crippen LogP contribution in [0.5, 0.6) is 0 Å². The fourth-order valence-electron chi connectivity index (χ4n) is 2.32. The second-order valence-electron chi connectivity index (χ2n) is 4.62. The predicted molar refractivity (Wildman–Crippen MR) is 84.4 cm³/mol. The first-order valence-corrected chi connectivity index (χ1v) is 7.27. The van der Waals surface area contributed by atoms with Crippen molar-refractivity contribution in [3.63, 3.8) is 0 Å². The van der Waals surface area contributed by atoms with Crippen LogP contribution in [0.3, 0.4) is 0 Å². The number of nitrogens with two attached hydrogens (primary N) is 1. The molecule has 3 aromatic heterocycles. The molecule has 0 saturated heterocycles. The van der Waals surface area contributed by atoms with Gasteiger partial charge in [0.1, 0.15) is 5.82 Å². The molecule has 0 atom stereocenters. The monoisotopic (exact) mass is 293 g/mol. The largest absolute Gasteiger partial charge is 0.384 e. The molecule has 0 unspecified atom stereocenters. The molecule has 0 amide bonds. The Morgan fingerprint density at radius 1 is 1.10 bits per heavy atom. The first-order chi connectivity index (χ1) is 10.3. The van der Waals surface area contributed by atoms with Crippen LogP contribution in [0.1, 0.15) is 0 Å². The van der Waals surface area contributed by atoms with Crippen molar-refractivity contribution in [1.82, 2.24) is 19.5 Å². The highest BCUT2D eigenvalue weighted by Crippen LogP contribution is 2.26. The van der Waals surface area contributed by atoms with Gasteiger partial charge in [0.25, 0.3) is 0 Å². The van der Waals surface area contributed by atoms with Crippen molar-refractivity contribution in [3.8, 4) is 16.9 Å². The van der Waals surface area contributed by atoms with Crippen LogP contribution in [-0.4, -0.2) is 19.5 Å². The maximum absolute atomic E-state index is 5.77. The van der Waals surface area contributed by atoms with Gasteiger partial charge in [-0.3, -0.25) is 4.57 Å². The molecule has 4 rings (SSSR count). The summed E-state index contributed by atoms with van der Waals surface area (Å²) < 4.78 is 3.19. The van der Waals surface area contributed by atoms with Gasteiger partial charge in [-0.1, -0.05) is 0 Å². The average Bonchev–Trinajstić information content (AvgIpc) is 3.15. The standard InChI is InChI=1S/C15H11N5S/c16-15-5-10(3-4-18-15)13-7-17-8-20(13)11-1-2-12-14(6-11)21-9-19-12/h1-9H,(H2,16,18). The van der Waals surface area contributed by atoms with Crippen molar-refractivity contribution in [2.75, 3.05) is 5.73 Å². The molecule has 0 aliphatic heterocycles. The molecule has 5 nitrogen and oxygen atoms in total. The smallest absolute Gasteiger partial charge is 0.123 e. The second kappa shape index (κ2) is 4.68. The van der Waals surface area contributed by atoms with Gasteiger partial charge in [0.2, 0.25) is 0 Å². The minimum atomic E-state index is 0.498. The highest BCUT2D eigenvalue weighted by molar-refractivity contribution is 7.16. The van der Waals surface area contributed by atoms with Gasteiger partial charge in [0.15, 0.2) is 0 Å². The normalized spacial score (nSPS) is 11.0. The molecule has 6 heteroatoms. The number of aromatic nitrogens is 4. The molecule has 0 bridgehead atoms. The SMILES string of the molecule is Nc1cc(-c2cncn2-c2ccc3ncsc3c2)ccn1. The average molecular weight is 293 g/mol. The van der Waals surface area contributed by atoms with Gasteiger partial charge in [-0.15, -0.1) is 11.3 Å². The first-order valence-electron chi connectivity index (χ1n) is 6.39. The third-order valence-corrected chi connectivity index (χ3v) is 4.10. The van der Waals surface area contributed by atoms with Gasteiger partial charge in [-0.25, -0.2) is 15.0 Å². The van der Waals surface area contributed by atoms with E-state index < -0.39 is 0 Å². The molecule has 0 fully saturated rings. The maximum Gasteiger partial charge on any atom is 0.123 e. The van der Waals surface area contributed by atoms with Crippen LogP contribution in [0.4, 0.5) is 5.82 Å². The van der Waals surface area contributed by atoms with Crippen molar-refractivity contribution < 1.29 is 0 Å². The van der Waals surface area contributed by atoms with Gasteiger partial charge in [0, 0.05) is 17.4 Å². The van der Waals surface area contributed by atoms with Crippen LogP contribution in [0.25, 0.3) is 27.2 Å². The van der Waals surface area contributed by atoms with E-state index in [0.29, 0.717) is 5.82 Å². The Morgan fingerprint density at radius 2 is 2.05 bits per heavy atom. The topological polar surface area (TPSA) is 69.6 Å². The number of thiazole rings is 1. The summed E-state index contributed by atoms with van der Waals surface area (Å²) in [7, 11) is 0. The number of pyridine rings is 1. The lowest BCUT2D eigenvalue weighted by Gasteiger charge is -2.08. The molecule has 1 aromatic carbocycles. The van der Waals surface area contributed by atoms with Gasteiger partial charge in [-0.2, -0.15) is 0 Å². The maximum atomic E-state index is 5.77. The van der Waals surface area contributed by atoms with Crippen molar-refractivity contribution in [2.24, 2.45) is 0 Å². The summed E-state index contributed by atoms with van der Waals surface area (Å²) in [5, 5.41) is 0. The summed E-state index contributed by atoms with van der Waals surface area (Å²) in [5.41, 5.74) is 11.7.